The van der Waals surface area contributed by atoms with Crippen molar-refractivity contribution in [3.63, 3.8) is 0 Å². The molecule has 2 unspecified atom stereocenters. The molecule has 33 heavy (non-hydrogen) atoms. The fourth-order valence-corrected chi connectivity index (χ4v) is 4.15. The summed E-state index contributed by atoms with van der Waals surface area (Å²) in [6.45, 7) is 12.6. The van der Waals surface area contributed by atoms with Crippen LogP contribution in [0.1, 0.15) is 59.4 Å². The largest absolute Gasteiger partial charge is 0.353 e. The molecule has 1 aromatic carbocycles. The normalized spacial score (nSPS) is 15.5. The zero-order valence-corrected chi connectivity index (χ0v) is 21.6. The van der Waals surface area contributed by atoms with E-state index in [0.717, 1.165) is 18.4 Å². The van der Waals surface area contributed by atoms with Crippen LogP contribution in [0.2, 0.25) is 0 Å². The van der Waals surface area contributed by atoms with Crippen molar-refractivity contribution in [1.29, 1.82) is 5.26 Å². The van der Waals surface area contributed by atoms with Gasteiger partial charge in [0.15, 0.2) is 12.4 Å². The second kappa shape index (κ2) is 15.0. The molecule has 0 heterocycles. The van der Waals surface area contributed by atoms with Gasteiger partial charge in [-0.25, -0.2) is 0 Å². The third-order valence-corrected chi connectivity index (χ3v) is 6.61. The summed E-state index contributed by atoms with van der Waals surface area (Å²) in [6.07, 6.45) is 7.16. The monoisotopic (exact) mass is 477 g/mol. The highest BCUT2D eigenvalue weighted by molar-refractivity contribution is 7.86. The van der Waals surface area contributed by atoms with Crippen molar-refractivity contribution in [3.8, 4) is 6.07 Å². The molecule has 3 atom stereocenters. The molecule has 0 aliphatic carbocycles. The number of nitrogens with zero attached hydrogens (tertiary/aromatic N) is 1. The number of allylic oxidation sites excluding steroid dienone is 2. The Kier molecular flexibility index (Phi) is 13.2. The summed E-state index contributed by atoms with van der Waals surface area (Å²) in [6, 6.07) is 8.78. The highest BCUT2D eigenvalue weighted by atomic mass is 32.2. The first kappa shape index (κ1) is 29.1. The van der Waals surface area contributed by atoms with Crippen LogP contribution in [0.4, 0.5) is 0 Å². The van der Waals surface area contributed by atoms with Gasteiger partial charge in [0.2, 0.25) is 0 Å². The minimum Gasteiger partial charge on any atom is -0.353 e. The summed E-state index contributed by atoms with van der Waals surface area (Å²) in [5, 5.41) is 9.33. The van der Waals surface area contributed by atoms with Gasteiger partial charge in [-0.3, -0.25) is 4.18 Å². The van der Waals surface area contributed by atoms with Crippen LogP contribution >= 0.6 is 0 Å². The molecule has 1 aromatic rings. The van der Waals surface area contributed by atoms with Crippen molar-refractivity contribution in [2.75, 3.05) is 13.2 Å². The summed E-state index contributed by atoms with van der Waals surface area (Å²) in [5.74, 6) is 0.717. The Morgan fingerprint density at radius 2 is 1.82 bits per heavy atom. The Bertz CT molecular complexity index is 898. The zero-order valence-electron chi connectivity index (χ0n) is 20.8. The first-order valence-electron chi connectivity index (χ1n) is 11.6. The molecule has 0 fully saturated rings. The van der Waals surface area contributed by atoms with Crippen LogP contribution in [0.3, 0.4) is 0 Å². The number of rotatable bonds is 15. The minimum absolute atomic E-state index is 0.111. The predicted molar refractivity (Wildman–Crippen MR) is 131 cm³/mol. The molecule has 0 aromatic heterocycles. The fraction of sp³-hybridized carbons (Fsp3) is 0.577. The van der Waals surface area contributed by atoms with Gasteiger partial charge in [0.1, 0.15) is 0 Å². The van der Waals surface area contributed by atoms with E-state index in [-0.39, 0.29) is 11.5 Å². The third kappa shape index (κ3) is 11.6. The molecule has 0 saturated carbocycles. The van der Waals surface area contributed by atoms with Crippen molar-refractivity contribution >= 4 is 10.1 Å². The molecule has 0 N–H and O–H groups in total. The zero-order chi connectivity index (χ0) is 24.9. The number of aryl methyl sites for hydroxylation is 1. The van der Waals surface area contributed by atoms with E-state index in [0.29, 0.717) is 24.9 Å². The lowest BCUT2D eigenvalue weighted by Crippen LogP contribution is -2.20. The van der Waals surface area contributed by atoms with E-state index in [1.165, 1.54) is 5.57 Å². The van der Waals surface area contributed by atoms with Crippen molar-refractivity contribution in [2.45, 2.75) is 78.1 Å². The van der Waals surface area contributed by atoms with Crippen LogP contribution in [-0.2, 0) is 23.8 Å². The van der Waals surface area contributed by atoms with Crippen molar-refractivity contribution in [1.82, 2.24) is 0 Å². The van der Waals surface area contributed by atoms with Gasteiger partial charge < -0.3 is 9.47 Å². The maximum atomic E-state index is 12.2. The molecular weight excluding hydrogens is 438 g/mol. The average Bonchev–Trinajstić information content (AvgIpc) is 2.76. The Morgan fingerprint density at radius 1 is 1.15 bits per heavy atom. The Morgan fingerprint density at radius 3 is 2.39 bits per heavy atom. The van der Waals surface area contributed by atoms with Crippen molar-refractivity contribution in [3.05, 3.63) is 53.6 Å². The molecule has 1 rings (SSSR count). The standard InChI is InChI=1S/C26H39NO5S/c1-7-30-23(6)32-25(19-27)15-14-24(20(2)3)13-10-21(4)9-8-18-31-33(28,29)26-16-11-22(5)12-17-26/h9,11-12,14-17,20,23-25H,7-8,10,13,18H2,1-6H3/b15-14+,21-9+/t23?,24-,25?/m1/s1. The second-order valence-electron chi connectivity index (χ2n) is 8.47. The Hall–Kier alpha value is -1.98. The van der Waals surface area contributed by atoms with E-state index in [1.807, 2.05) is 32.9 Å². The van der Waals surface area contributed by atoms with Crippen molar-refractivity contribution < 1.29 is 22.1 Å². The van der Waals surface area contributed by atoms with Crippen LogP contribution in [-0.4, -0.2) is 34.0 Å². The fourth-order valence-electron chi connectivity index (χ4n) is 3.23. The molecule has 7 heteroatoms. The first-order chi connectivity index (χ1) is 15.6. The summed E-state index contributed by atoms with van der Waals surface area (Å²) >= 11 is 0. The molecule has 0 amide bonds. The molecule has 0 aliphatic heterocycles. The van der Waals surface area contributed by atoms with Crippen molar-refractivity contribution in [2.24, 2.45) is 11.8 Å². The van der Waals surface area contributed by atoms with Gasteiger partial charge in [-0.15, -0.1) is 0 Å². The lowest BCUT2D eigenvalue weighted by Gasteiger charge is -2.19. The Balaban J connectivity index is 2.53. The SMILES string of the molecule is CCOC(C)OC(C#N)/C=C/[C@@H](CC/C(C)=C/CCOS(=O)(=O)c1ccc(C)cc1)C(C)C. The summed E-state index contributed by atoms with van der Waals surface area (Å²) in [4.78, 5) is 0.177. The summed E-state index contributed by atoms with van der Waals surface area (Å²) in [5.41, 5.74) is 2.18. The van der Waals surface area contributed by atoms with Crippen LogP contribution in [0.25, 0.3) is 0 Å². The summed E-state index contributed by atoms with van der Waals surface area (Å²) in [7, 11) is -3.73. The van der Waals surface area contributed by atoms with Crippen LogP contribution < -0.4 is 0 Å². The van der Waals surface area contributed by atoms with Gasteiger partial charge in [0, 0.05) is 6.61 Å². The number of hydrogen-bond acceptors (Lipinski definition) is 6. The quantitative estimate of drug-likeness (QED) is 0.135. The van der Waals surface area contributed by atoms with Gasteiger partial charge >= 0.3 is 0 Å². The minimum atomic E-state index is -3.73. The molecule has 0 bridgehead atoms. The van der Waals surface area contributed by atoms with Crippen LogP contribution in [0.15, 0.2) is 53.0 Å². The number of hydrogen-bond donors (Lipinski definition) is 0. The van der Waals surface area contributed by atoms with E-state index >= 15 is 0 Å². The number of benzene rings is 1. The predicted octanol–water partition coefficient (Wildman–Crippen LogP) is 5.94. The van der Waals surface area contributed by atoms with Gasteiger partial charge in [0.05, 0.1) is 17.6 Å². The third-order valence-electron chi connectivity index (χ3n) is 5.29. The molecular formula is C26H39NO5S. The lowest BCUT2D eigenvalue weighted by molar-refractivity contribution is -0.134. The van der Waals surface area contributed by atoms with E-state index in [2.05, 4.69) is 26.0 Å². The highest BCUT2D eigenvalue weighted by Gasteiger charge is 2.15. The molecule has 184 valence electrons. The summed E-state index contributed by atoms with van der Waals surface area (Å²) < 4.78 is 40.6. The van der Waals surface area contributed by atoms with E-state index < -0.39 is 22.5 Å². The highest BCUT2D eigenvalue weighted by Crippen LogP contribution is 2.22. The Labute approximate surface area is 200 Å². The van der Waals surface area contributed by atoms with Gasteiger partial charge in [-0.2, -0.15) is 13.7 Å². The molecule has 0 spiro atoms. The molecule has 0 aliphatic rings. The molecule has 0 saturated heterocycles. The second-order valence-corrected chi connectivity index (χ2v) is 10.1. The van der Waals surface area contributed by atoms with Gasteiger partial charge in [-0.05, 0) is 77.0 Å². The van der Waals surface area contributed by atoms with E-state index in [9.17, 15) is 13.7 Å². The molecule has 0 radical (unpaired) electrons. The van der Waals surface area contributed by atoms with Gasteiger partial charge in [0.25, 0.3) is 10.1 Å². The van der Waals surface area contributed by atoms with E-state index in [1.54, 1.807) is 31.2 Å². The lowest BCUT2D eigenvalue weighted by atomic mass is 9.89. The maximum Gasteiger partial charge on any atom is 0.296 e. The maximum absolute atomic E-state index is 12.2. The van der Waals surface area contributed by atoms with Crippen LogP contribution in [0, 0.1) is 30.1 Å². The topological polar surface area (TPSA) is 85.6 Å². The number of ether oxygens (including phenoxy) is 2. The first-order valence-corrected chi connectivity index (χ1v) is 13.0. The molecule has 6 nitrogen and oxygen atoms in total. The number of nitriles is 1. The van der Waals surface area contributed by atoms with Crippen LogP contribution in [0.5, 0.6) is 0 Å². The van der Waals surface area contributed by atoms with Gasteiger partial charge in [-0.1, -0.05) is 49.3 Å². The van der Waals surface area contributed by atoms with E-state index in [4.69, 9.17) is 13.7 Å². The smallest absolute Gasteiger partial charge is 0.296 e. The average molecular weight is 478 g/mol.